The van der Waals surface area contributed by atoms with E-state index in [4.69, 9.17) is 16.3 Å². The molecule has 0 bridgehead atoms. The highest BCUT2D eigenvalue weighted by Crippen LogP contribution is 2.23. The molecule has 10 heteroatoms. The zero-order chi connectivity index (χ0) is 21.7. The monoisotopic (exact) mass is 461 g/mol. The van der Waals surface area contributed by atoms with Gasteiger partial charge in [-0.15, -0.1) is 18.2 Å². The first-order chi connectivity index (χ1) is 14.3. The molecule has 1 amide bonds. The molecule has 3 rings (SSSR count). The van der Waals surface area contributed by atoms with E-state index in [2.05, 4.69) is 10.9 Å². The molecule has 0 saturated carbocycles. The second kappa shape index (κ2) is 9.49. The van der Waals surface area contributed by atoms with Gasteiger partial charge < -0.3 is 9.30 Å². The van der Waals surface area contributed by atoms with Crippen molar-refractivity contribution < 1.29 is 17.9 Å². The second-order valence-electron chi connectivity index (χ2n) is 6.13. The molecule has 0 aliphatic rings. The van der Waals surface area contributed by atoms with Crippen LogP contribution in [0.3, 0.4) is 0 Å². The van der Waals surface area contributed by atoms with Crippen molar-refractivity contribution in [2.45, 2.75) is 22.8 Å². The average Bonchev–Trinajstić information content (AvgIpc) is 3.04. The van der Waals surface area contributed by atoms with E-state index in [9.17, 15) is 13.2 Å². The SMILES string of the molecule is C#CCn1c(=NC(=O)CCSc2ccc(OC)cc2)sc2cc(S(N)(=O)=O)ccc21. The van der Waals surface area contributed by atoms with Gasteiger partial charge in [0.2, 0.25) is 15.9 Å². The molecule has 2 aromatic carbocycles. The lowest BCUT2D eigenvalue weighted by Gasteiger charge is -2.02. The number of terminal acetylenes is 1. The lowest BCUT2D eigenvalue weighted by atomic mass is 10.3. The minimum Gasteiger partial charge on any atom is -0.497 e. The fourth-order valence-electron chi connectivity index (χ4n) is 2.65. The number of nitrogens with two attached hydrogens (primary N) is 1. The highest BCUT2D eigenvalue weighted by atomic mass is 32.2. The average molecular weight is 462 g/mol. The highest BCUT2D eigenvalue weighted by Gasteiger charge is 2.13. The summed E-state index contributed by atoms with van der Waals surface area (Å²) in [4.78, 5) is 18.0. The summed E-state index contributed by atoms with van der Waals surface area (Å²) < 4.78 is 30.7. The van der Waals surface area contributed by atoms with Gasteiger partial charge in [0.05, 0.1) is 28.8 Å². The molecule has 0 unspecified atom stereocenters. The molecule has 1 heterocycles. The molecule has 0 radical (unpaired) electrons. The lowest BCUT2D eigenvalue weighted by molar-refractivity contribution is -0.117. The fourth-order valence-corrected chi connectivity index (χ4v) is 5.19. The summed E-state index contributed by atoms with van der Waals surface area (Å²) >= 11 is 2.75. The van der Waals surface area contributed by atoms with Gasteiger partial charge in [-0.25, -0.2) is 13.6 Å². The van der Waals surface area contributed by atoms with Crippen molar-refractivity contribution in [3.8, 4) is 18.1 Å². The number of nitrogens with zero attached hydrogens (tertiary/aromatic N) is 2. The quantitative estimate of drug-likeness (QED) is 0.430. The number of fused-ring (bicyclic) bond motifs is 1. The number of hydrogen-bond acceptors (Lipinski definition) is 6. The first kappa shape index (κ1) is 22.1. The number of sulfonamides is 1. The number of primary sulfonamides is 1. The van der Waals surface area contributed by atoms with Crippen LogP contribution in [0.1, 0.15) is 6.42 Å². The van der Waals surface area contributed by atoms with E-state index in [1.807, 2.05) is 24.3 Å². The van der Waals surface area contributed by atoms with Gasteiger partial charge in [0.25, 0.3) is 0 Å². The maximum Gasteiger partial charge on any atom is 0.249 e. The van der Waals surface area contributed by atoms with Crippen molar-refractivity contribution in [3.05, 3.63) is 47.3 Å². The Kier molecular flexibility index (Phi) is 6.99. The van der Waals surface area contributed by atoms with Gasteiger partial charge in [-0.1, -0.05) is 17.3 Å². The molecule has 0 aliphatic heterocycles. The number of rotatable bonds is 7. The maximum atomic E-state index is 12.4. The number of hydrogen-bond donors (Lipinski definition) is 1. The minimum absolute atomic E-state index is 0.00197. The molecular formula is C20H19N3O4S3. The molecule has 30 heavy (non-hydrogen) atoms. The molecule has 1 aromatic heterocycles. The van der Waals surface area contributed by atoms with Crippen LogP contribution in [-0.2, 0) is 21.4 Å². The lowest BCUT2D eigenvalue weighted by Crippen LogP contribution is -2.16. The predicted octanol–water partition coefficient (Wildman–Crippen LogP) is 2.60. The standard InChI is InChI=1S/C20H19N3O4S3/c1-3-11-23-17-9-8-16(30(21,25)26)13-18(17)29-20(23)22-19(24)10-12-28-15-6-4-14(27-2)5-7-15/h1,4-9,13H,10-12H2,2H3,(H2,21,25,26). The third-order valence-corrected chi connectivity index (χ3v) is 7.06. The van der Waals surface area contributed by atoms with Crippen molar-refractivity contribution >= 4 is 49.2 Å². The molecule has 156 valence electrons. The first-order valence-corrected chi connectivity index (χ1v) is 12.1. The summed E-state index contributed by atoms with van der Waals surface area (Å²) in [5, 5.41) is 5.20. The number of aromatic nitrogens is 1. The van der Waals surface area contributed by atoms with Crippen molar-refractivity contribution in [2.24, 2.45) is 10.1 Å². The van der Waals surface area contributed by atoms with Crippen LogP contribution in [0.25, 0.3) is 10.2 Å². The number of methoxy groups -OCH3 is 1. The van der Waals surface area contributed by atoms with Crippen molar-refractivity contribution in [1.82, 2.24) is 4.57 Å². The first-order valence-electron chi connectivity index (χ1n) is 8.76. The molecule has 0 spiro atoms. The maximum absolute atomic E-state index is 12.4. The summed E-state index contributed by atoms with van der Waals surface area (Å²) in [7, 11) is -2.22. The van der Waals surface area contributed by atoms with E-state index in [0.29, 0.717) is 20.8 Å². The van der Waals surface area contributed by atoms with E-state index in [1.165, 1.54) is 23.5 Å². The smallest absolute Gasteiger partial charge is 0.249 e. The van der Waals surface area contributed by atoms with Crippen LogP contribution in [0.15, 0.2) is 57.2 Å². The van der Waals surface area contributed by atoms with E-state index in [-0.39, 0.29) is 23.8 Å². The zero-order valence-corrected chi connectivity index (χ0v) is 18.5. The van der Waals surface area contributed by atoms with Crippen molar-refractivity contribution in [1.29, 1.82) is 0 Å². The molecule has 0 saturated heterocycles. The summed E-state index contributed by atoms with van der Waals surface area (Å²) in [5.41, 5.74) is 0.699. The molecule has 3 aromatic rings. The van der Waals surface area contributed by atoms with Gasteiger partial charge >= 0.3 is 0 Å². The Hall–Kier alpha value is -2.58. The van der Waals surface area contributed by atoms with Crippen LogP contribution < -0.4 is 14.7 Å². The molecular weight excluding hydrogens is 442 g/mol. The topological polar surface area (TPSA) is 104 Å². The van der Waals surface area contributed by atoms with E-state index in [0.717, 1.165) is 10.6 Å². The van der Waals surface area contributed by atoms with Crippen molar-refractivity contribution in [2.75, 3.05) is 12.9 Å². The summed E-state index contributed by atoms with van der Waals surface area (Å²) in [6.07, 6.45) is 5.71. The summed E-state index contributed by atoms with van der Waals surface area (Å²) in [6.45, 7) is 0.210. The Labute approximate surface area is 182 Å². The number of ether oxygens (including phenoxy) is 1. The Balaban J connectivity index is 1.80. The van der Waals surface area contributed by atoms with Gasteiger partial charge in [0, 0.05) is 17.1 Å². The Morgan fingerprint density at radius 1 is 1.30 bits per heavy atom. The molecule has 0 atom stereocenters. The van der Waals surface area contributed by atoms with Gasteiger partial charge in [-0.2, -0.15) is 4.99 Å². The van der Waals surface area contributed by atoms with Crippen LogP contribution in [0.2, 0.25) is 0 Å². The fraction of sp³-hybridized carbons (Fsp3) is 0.200. The van der Waals surface area contributed by atoms with Gasteiger partial charge in [-0.3, -0.25) is 4.79 Å². The second-order valence-corrected chi connectivity index (χ2v) is 9.87. The van der Waals surface area contributed by atoms with Gasteiger partial charge in [0.1, 0.15) is 5.75 Å². The van der Waals surface area contributed by atoms with E-state index >= 15 is 0 Å². The Morgan fingerprint density at radius 3 is 2.67 bits per heavy atom. The predicted molar refractivity (Wildman–Crippen MR) is 119 cm³/mol. The number of thioether (sulfide) groups is 1. The van der Waals surface area contributed by atoms with E-state index < -0.39 is 10.0 Å². The third-order valence-electron chi connectivity index (χ3n) is 4.10. The third kappa shape index (κ3) is 5.31. The number of thiazole rings is 1. The normalized spacial score (nSPS) is 12.1. The summed E-state index contributed by atoms with van der Waals surface area (Å²) in [6, 6.07) is 12.1. The zero-order valence-electron chi connectivity index (χ0n) is 16.1. The number of benzene rings is 2. The molecule has 0 fully saturated rings. The van der Waals surface area contributed by atoms with Gasteiger partial charge in [-0.05, 0) is 42.5 Å². The van der Waals surface area contributed by atoms with Crippen molar-refractivity contribution in [3.63, 3.8) is 0 Å². The molecule has 7 nitrogen and oxygen atoms in total. The largest absolute Gasteiger partial charge is 0.497 e. The van der Waals surface area contributed by atoms with Gasteiger partial charge in [0.15, 0.2) is 4.80 Å². The Bertz CT molecular complexity index is 1280. The minimum atomic E-state index is -3.83. The van der Waals surface area contributed by atoms with Crippen LogP contribution >= 0.6 is 23.1 Å². The summed E-state index contributed by atoms with van der Waals surface area (Å²) in [5.74, 6) is 3.61. The van der Waals surface area contributed by atoms with Crippen LogP contribution in [0, 0.1) is 12.3 Å². The number of carbonyl (C=O) groups excluding carboxylic acids is 1. The molecule has 0 aliphatic carbocycles. The van der Waals surface area contributed by atoms with Crippen LogP contribution in [0.5, 0.6) is 5.75 Å². The number of carbonyl (C=O) groups is 1. The van der Waals surface area contributed by atoms with Crippen LogP contribution in [0.4, 0.5) is 0 Å². The van der Waals surface area contributed by atoms with E-state index in [1.54, 1.807) is 29.5 Å². The Morgan fingerprint density at radius 2 is 2.03 bits per heavy atom. The van der Waals surface area contributed by atoms with Crippen LogP contribution in [-0.4, -0.2) is 31.8 Å². The number of amides is 1. The highest BCUT2D eigenvalue weighted by molar-refractivity contribution is 7.99. The molecule has 2 N–H and O–H groups in total.